The summed E-state index contributed by atoms with van der Waals surface area (Å²) in [5, 5.41) is 3.38. The third kappa shape index (κ3) is 4.94. The maximum absolute atomic E-state index is 11.9. The van der Waals surface area contributed by atoms with Gasteiger partial charge in [0.05, 0.1) is 13.2 Å². The highest BCUT2D eigenvalue weighted by Gasteiger charge is 2.40. The molecule has 2 unspecified atom stereocenters. The summed E-state index contributed by atoms with van der Waals surface area (Å²) in [5.41, 5.74) is -0.623. The zero-order chi connectivity index (χ0) is 13.6. The molecule has 0 aromatic rings. The highest BCUT2D eigenvalue weighted by Crippen LogP contribution is 2.26. The largest absolute Gasteiger partial charge is 0.468 e. The average molecular weight is 257 g/mol. The lowest BCUT2D eigenvalue weighted by Crippen LogP contribution is -2.53. The van der Waals surface area contributed by atoms with Crippen molar-refractivity contribution in [3.8, 4) is 0 Å². The van der Waals surface area contributed by atoms with Crippen LogP contribution in [0.3, 0.4) is 0 Å². The van der Waals surface area contributed by atoms with Crippen LogP contribution in [0.2, 0.25) is 0 Å². The van der Waals surface area contributed by atoms with Crippen LogP contribution in [0.25, 0.3) is 0 Å². The molecule has 0 amide bonds. The first-order chi connectivity index (χ1) is 8.51. The van der Waals surface area contributed by atoms with Gasteiger partial charge < -0.3 is 9.47 Å². The van der Waals surface area contributed by atoms with Crippen molar-refractivity contribution in [3.63, 3.8) is 0 Å². The molecular formula is C14H27NO3. The highest BCUT2D eigenvalue weighted by molar-refractivity contribution is 5.80. The maximum Gasteiger partial charge on any atom is 0.325 e. The Kier molecular flexibility index (Phi) is 6.09. The standard InChI is InChI=1S/C14H27NO3/c1-5-6-9-18-11(2)10-14(3,13(16)17-4)15-12-7-8-12/h11-12,15H,5-10H2,1-4H3. The smallest absolute Gasteiger partial charge is 0.325 e. The van der Waals surface area contributed by atoms with Crippen LogP contribution < -0.4 is 5.32 Å². The number of carbonyl (C=O) groups excluding carboxylic acids is 1. The van der Waals surface area contributed by atoms with E-state index >= 15 is 0 Å². The summed E-state index contributed by atoms with van der Waals surface area (Å²) in [6.07, 6.45) is 5.21. The molecule has 1 fully saturated rings. The van der Waals surface area contributed by atoms with Crippen molar-refractivity contribution < 1.29 is 14.3 Å². The van der Waals surface area contributed by atoms with Crippen LogP contribution >= 0.6 is 0 Å². The molecule has 0 saturated heterocycles. The maximum atomic E-state index is 11.9. The van der Waals surface area contributed by atoms with Gasteiger partial charge in [-0.3, -0.25) is 10.1 Å². The zero-order valence-corrected chi connectivity index (χ0v) is 12.1. The molecule has 106 valence electrons. The first-order valence-corrected chi connectivity index (χ1v) is 6.99. The van der Waals surface area contributed by atoms with E-state index in [1.54, 1.807) is 0 Å². The fourth-order valence-corrected chi connectivity index (χ4v) is 2.17. The molecule has 0 aromatic carbocycles. The monoisotopic (exact) mass is 257 g/mol. The number of methoxy groups -OCH3 is 1. The van der Waals surface area contributed by atoms with Crippen LogP contribution in [0.5, 0.6) is 0 Å². The van der Waals surface area contributed by atoms with Gasteiger partial charge in [0, 0.05) is 19.1 Å². The Morgan fingerprint density at radius 1 is 1.50 bits per heavy atom. The second-order valence-electron chi connectivity index (χ2n) is 5.48. The summed E-state index contributed by atoms with van der Waals surface area (Å²) in [6.45, 7) is 6.84. The topological polar surface area (TPSA) is 47.6 Å². The quantitative estimate of drug-likeness (QED) is 0.508. The molecule has 18 heavy (non-hydrogen) atoms. The Bertz CT molecular complexity index is 266. The molecule has 0 heterocycles. The van der Waals surface area contributed by atoms with Crippen molar-refractivity contribution >= 4 is 5.97 Å². The van der Waals surface area contributed by atoms with Crippen molar-refractivity contribution in [1.29, 1.82) is 0 Å². The Hall–Kier alpha value is -0.610. The van der Waals surface area contributed by atoms with Crippen LogP contribution in [0.4, 0.5) is 0 Å². The minimum atomic E-state index is -0.623. The van der Waals surface area contributed by atoms with Crippen LogP contribution in [-0.4, -0.2) is 37.4 Å². The van der Waals surface area contributed by atoms with Gasteiger partial charge in [0.2, 0.25) is 0 Å². The first kappa shape index (κ1) is 15.4. The normalized spacial score (nSPS) is 20.2. The number of hydrogen-bond donors (Lipinski definition) is 1. The predicted molar refractivity (Wildman–Crippen MR) is 71.5 cm³/mol. The summed E-state index contributed by atoms with van der Waals surface area (Å²) in [4.78, 5) is 11.9. The second-order valence-corrected chi connectivity index (χ2v) is 5.48. The number of ether oxygens (including phenoxy) is 2. The summed E-state index contributed by atoms with van der Waals surface area (Å²) >= 11 is 0. The summed E-state index contributed by atoms with van der Waals surface area (Å²) < 4.78 is 10.6. The minimum Gasteiger partial charge on any atom is -0.468 e. The number of rotatable bonds is 9. The van der Waals surface area contributed by atoms with Gasteiger partial charge in [-0.25, -0.2) is 0 Å². The van der Waals surface area contributed by atoms with E-state index < -0.39 is 5.54 Å². The molecule has 1 aliphatic rings. The van der Waals surface area contributed by atoms with Gasteiger partial charge in [0.15, 0.2) is 0 Å². The fraction of sp³-hybridized carbons (Fsp3) is 0.929. The van der Waals surface area contributed by atoms with E-state index in [1.165, 1.54) is 7.11 Å². The van der Waals surface area contributed by atoms with Crippen molar-refractivity contribution in [2.75, 3.05) is 13.7 Å². The van der Waals surface area contributed by atoms with Gasteiger partial charge in [-0.15, -0.1) is 0 Å². The fourth-order valence-electron chi connectivity index (χ4n) is 2.17. The van der Waals surface area contributed by atoms with E-state index in [-0.39, 0.29) is 12.1 Å². The molecule has 4 nitrogen and oxygen atoms in total. The van der Waals surface area contributed by atoms with E-state index in [2.05, 4.69) is 12.2 Å². The lowest BCUT2D eigenvalue weighted by atomic mass is 9.94. The lowest BCUT2D eigenvalue weighted by Gasteiger charge is -2.30. The van der Waals surface area contributed by atoms with Gasteiger partial charge >= 0.3 is 5.97 Å². The third-order valence-electron chi connectivity index (χ3n) is 3.33. The van der Waals surface area contributed by atoms with Crippen LogP contribution in [0.15, 0.2) is 0 Å². The Morgan fingerprint density at radius 2 is 2.17 bits per heavy atom. The van der Waals surface area contributed by atoms with Crippen LogP contribution in [0, 0.1) is 0 Å². The molecule has 1 saturated carbocycles. The Labute approximate surface area is 110 Å². The summed E-state index contributed by atoms with van der Waals surface area (Å²) in [7, 11) is 1.44. The highest BCUT2D eigenvalue weighted by atomic mass is 16.5. The Morgan fingerprint density at radius 3 is 2.67 bits per heavy atom. The molecule has 1 N–H and O–H groups in total. The second kappa shape index (κ2) is 7.10. The van der Waals surface area contributed by atoms with Crippen molar-refractivity contribution in [3.05, 3.63) is 0 Å². The van der Waals surface area contributed by atoms with E-state index in [1.807, 2.05) is 13.8 Å². The predicted octanol–water partition coefficient (Wildman–Crippen LogP) is 2.27. The third-order valence-corrected chi connectivity index (χ3v) is 3.33. The molecule has 0 aliphatic heterocycles. The SMILES string of the molecule is CCCCOC(C)CC(C)(NC1CC1)C(=O)OC. The van der Waals surface area contributed by atoms with E-state index in [0.29, 0.717) is 12.5 Å². The van der Waals surface area contributed by atoms with Gasteiger partial charge in [0.1, 0.15) is 5.54 Å². The number of nitrogens with one attached hydrogen (secondary N) is 1. The average Bonchev–Trinajstić information content (AvgIpc) is 3.11. The zero-order valence-electron chi connectivity index (χ0n) is 12.1. The van der Waals surface area contributed by atoms with Crippen LogP contribution in [-0.2, 0) is 14.3 Å². The van der Waals surface area contributed by atoms with Gasteiger partial charge in [-0.1, -0.05) is 13.3 Å². The molecule has 0 radical (unpaired) electrons. The molecular weight excluding hydrogens is 230 g/mol. The van der Waals surface area contributed by atoms with Gasteiger partial charge in [0.25, 0.3) is 0 Å². The number of esters is 1. The molecule has 1 rings (SSSR count). The van der Waals surface area contributed by atoms with E-state index in [0.717, 1.165) is 32.3 Å². The number of hydrogen-bond acceptors (Lipinski definition) is 4. The minimum absolute atomic E-state index is 0.0619. The van der Waals surface area contributed by atoms with Gasteiger partial charge in [-0.05, 0) is 33.1 Å². The van der Waals surface area contributed by atoms with E-state index in [9.17, 15) is 4.79 Å². The molecule has 1 aliphatic carbocycles. The molecule has 0 bridgehead atoms. The summed E-state index contributed by atoms with van der Waals surface area (Å²) in [5.74, 6) is -0.194. The van der Waals surface area contributed by atoms with Crippen molar-refractivity contribution in [2.45, 2.75) is 70.6 Å². The van der Waals surface area contributed by atoms with Crippen molar-refractivity contribution in [2.24, 2.45) is 0 Å². The number of carbonyl (C=O) groups is 1. The molecule has 2 atom stereocenters. The van der Waals surface area contributed by atoms with Gasteiger partial charge in [-0.2, -0.15) is 0 Å². The lowest BCUT2D eigenvalue weighted by molar-refractivity contribution is -0.149. The number of unbranched alkanes of at least 4 members (excludes halogenated alkanes) is 1. The first-order valence-electron chi connectivity index (χ1n) is 6.99. The molecule has 0 aromatic heterocycles. The molecule has 4 heteroatoms. The summed E-state index contributed by atoms with van der Waals surface area (Å²) in [6, 6.07) is 0.469. The molecule has 0 spiro atoms. The van der Waals surface area contributed by atoms with Crippen molar-refractivity contribution in [1.82, 2.24) is 5.32 Å². The van der Waals surface area contributed by atoms with Crippen LogP contribution in [0.1, 0.15) is 52.9 Å². The Balaban J connectivity index is 2.46. The van der Waals surface area contributed by atoms with E-state index in [4.69, 9.17) is 9.47 Å².